The molecule has 0 aliphatic rings. The summed E-state index contributed by atoms with van der Waals surface area (Å²) < 4.78 is 11.0. The molecule has 2 rings (SSSR count). The first-order valence-corrected chi connectivity index (χ1v) is 9.35. The Morgan fingerprint density at radius 1 is 1.11 bits per heavy atom. The van der Waals surface area contributed by atoms with Gasteiger partial charge in [0.15, 0.2) is 5.96 Å². The van der Waals surface area contributed by atoms with Gasteiger partial charge in [-0.15, -0.1) is 24.0 Å². The fourth-order valence-electron chi connectivity index (χ4n) is 2.44. The summed E-state index contributed by atoms with van der Waals surface area (Å²) in [4.78, 5) is 8.98. The Bertz CT molecular complexity index is 698. The zero-order valence-corrected chi connectivity index (χ0v) is 19.2. The zero-order valence-electron chi connectivity index (χ0n) is 16.9. The van der Waals surface area contributed by atoms with Crippen molar-refractivity contribution in [2.24, 2.45) is 10.9 Å². The number of nitrogens with one attached hydrogen (secondary N) is 2. The minimum atomic E-state index is 0. The molecule has 0 saturated heterocycles. The fourth-order valence-corrected chi connectivity index (χ4v) is 2.44. The number of aliphatic imine (C=N–C) groups is 1. The van der Waals surface area contributed by atoms with Gasteiger partial charge in [0.25, 0.3) is 0 Å². The Hall–Kier alpha value is -1.87. The van der Waals surface area contributed by atoms with Crippen LogP contribution in [0.1, 0.15) is 25.1 Å². The first-order valence-electron chi connectivity index (χ1n) is 9.35. The molecule has 1 heterocycles. The van der Waals surface area contributed by atoms with Crippen LogP contribution in [0, 0.1) is 5.92 Å². The molecule has 0 radical (unpaired) electrons. The second kappa shape index (κ2) is 14.2. The van der Waals surface area contributed by atoms with Crippen molar-refractivity contribution in [2.45, 2.75) is 27.0 Å². The number of nitrogens with zero attached hydrogens (tertiary/aromatic N) is 2. The van der Waals surface area contributed by atoms with Crippen LogP contribution in [-0.4, -0.2) is 37.7 Å². The number of guanidine groups is 1. The lowest BCUT2D eigenvalue weighted by Gasteiger charge is -2.16. The molecule has 0 aliphatic heterocycles. The van der Waals surface area contributed by atoms with Gasteiger partial charge in [0.2, 0.25) is 5.88 Å². The van der Waals surface area contributed by atoms with Gasteiger partial charge >= 0.3 is 0 Å². The van der Waals surface area contributed by atoms with E-state index in [1.807, 2.05) is 43.3 Å². The highest BCUT2D eigenvalue weighted by Gasteiger charge is 2.05. The van der Waals surface area contributed by atoms with Crippen molar-refractivity contribution in [2.75, 3.05) is 26.8 Å². The number of aromatic nitrogens is 1. The molecule has 0 aliphatic carbocycles. The minimum absolute atomic E-state index is 0. The summed E-state index contributed by atoms with van der Waals surface area (Å²) in [5, 5.41) is 6.63. The molecule has 0 fully saturated rings. The van der Waals surface area contributed by atoms with Crippen LogP contribution in [0.4, 0.5) is 0 Å². The first-order chi connectivity index (χ1) is 13.2. The molecule has 2 N–H and O–H groups in total. The predicted molar refractivity (Wildman–Crippen MR) is 124 cm³/mol. The van der Waals surface area contributed by atoms with Gasteiger partial charge in [-0.05, 0) is 24.5 Å². The maximum Gasteiger partial charge on any atom is 0.213 e. The van der Waals surface area contributed by atoms with Crippen LogP contribution in [0.25, 0.3) is 0 Å². The standard InChI is InChI=1S/C21H30N4O2.HI/c1-4-22-21(24-14-19-11-8-12-20(25-19)26-3)23-13-17(2)15-27-16-18-9-6-5-7-10-18;/h5-12,17H,4,13-16H2,1-3H3,(H2,22,23,24);1H. The van der Waals surface area contributed by atoms with Crippen LogP contribution in [0.3, 0.4) is 0 Å². The Labute approximate surface area is 185 Å². The van der Waals surface area contributed by atoms with Crippen molar-refractivity contribution in [3.8, 4) is 5.88 Å². The van der Waals surface area contributed by atoms with E-state index >= 15 is 0 Å². The average molecular weight is 498 g/mol. The highest BCUT2D eigenvalue weighted by molar-refractivity contribution is 14.0. The van der Waals surface area contributed by atoms with Gasteiger partial charge in [0.05, 0.1) is 32.6 Å². The summed E-state index contributed by atoms with van der Waals surface area (Å²) in [6.07, 6.45) is 0. The largest absolute Gasteiger partial charge is 0.481 e. The molecule has 1 aromatic carbocycles. The molecule has 154 valence electrons. The zero-order chi connectivity index (χ0) is 19.3. The van der Waals surface area contributed by atoms with E-state index in [4.69, 9.17) is 9.47 Å². The summed E-state index contributed by atoms with van der Waals surface area (Å²) in [6, 6.07) is 15.9. The van der Waals surface area contributed by atoms with E-state index in [9.17, 15) is 0 Å². The van der Waals surface area contributed by atoms with Crippen molar-refractivity contribution < 1.29 is 9.47 Å². The normalized spacial score (nSPS) is 12.0. The second-order valence-corrected chi connectivity index (χ2v) is 6.35. The number of hydrogen-bond acceptors (Lipinski definition) is 4. The topological polar surface area (TPSA) is 67.8 Å². The molecule has 0 amide bonds. The monoisotopic (exact) mass is 498 g/mol. The number of hydrogen-bond donors (Lipinski definition) is 2. The summed E-state index contributed by atoms with van der Waals surface area (Å²) >= 11 is 0. The maximum absolute atomic E-state index is 5.80. The fraction of sp³-hybridized carbons (Fsp3) is 0.429. The molecule has 1 unspecified atom stereocenters. The number of rotatable bonds is 10. The number of pyridine rings is 1. The lowest BCUT2D eigenvalue weighted by atomic mass is 10.2. The van der Waals surface area contributed by atoms with Gasteiger partial charge in [0, 0.05) is 19.2 Å². The van der Waals surface area contributed by atoms with Gasteiger partial charge in [-0.3, -0.25) is 0 Å². The Kier molecular flexibility index (Phi) is 12.2. The molecule has 0 spiro atoms. The Morgan fingerprint density at radius 3 is 2.61 bits per heavy atom. The maximum atomic E-state index is 5.80. The number of halogens is 1. The molecule has 28 heavy (non-hydrogen) atoms. The van der Waals surface area contributed by atoms with Crippen molar-refractivity contribution in [3.63, 3.8) is 0 Å². The molecule has 0 bridgehead atoms. The van der Waals surface area contributed by atoms with E-state index in [0.717, 1.165) is 24.7 Å². The van der Waals surface area contributed by atoms with Gasteiger partial charge < -0.3 is 20.1 Å². The lowest BCUT2D eigenvalue weighted by Crippen LogP contribution is -2.40. The molecule has 0 saturated carbocycles. The Balaban J connectivity index is 0.00000392. The minimum Gasteiger partial charge on any atom is -0.481 e. The molecule has 2 aromatic rings. The average Bonchev–Trinajstić information content (AvgIpc) is 2.71. The molecule has 7 heteroatoms. The van der Waals surface area contributed by atoms with Crippen LogP contribution in [0.5, 0.6) is 5.88 Å². The van der Waals surface area contributed by atoms with E-state index in [-0.39, 0.29) is 24.0 Å². The van der Waals surface area contributed by atoms with E-state index in [0.29, 0.717) is 31.6 Å². The van der Waals surface area contributed by atoms with Crippen LogP contribution < -0.4 is 15.4 Å². The predicted octanol–water partition coefficient (Wildman–Crippen LogP) is 3.62. The summed E-state index contributed by atoms with van der Waals surface area (Å²) in [5.74, 6) is 1.74. The van der Waals surface area contributed by atoms with Crippen molar-refractivity contribution in [1.82, 2.24) is 15.6 Å². The van der Waals surface area contributed by atoms with Gasteiger partial charge in [-0.25, -0.2) is 9.98 Å². The third kappa shape index (κ3) is 9.36. The third-order valence-corrected chi connectivity index (χ3v) is 3.87. The quantitative estimate of drug-likeness (QED) is 0.298. The number of ether oxygens (including phenoxy) is 2. The van der Waals surface area contributed by atoms with Crippen LogP contribution in [0.15, 0.2) is 53.5 Å². The van der Waals surface area contributed by atoms with Gasteiger partial charge in [0.1, 0.15) is 0 Å². The summed E-state index contributed by atoms with van der Waals surface area (Å²) in [5.41, 5.74) is 2.06. The Morgan fingerprint density at radius 2 is 1.89 bits per heavy atom. The number of methoxy groups -OCH3 is 1. The van der Waals surface area contributed by atoms with Crippen molar-refractivity contribution in [3.05, 3.63) is 59.8 Å². The van der Waals surface area contributed by atoms with E-state index in [1.54, 1.807) is 7.11 Å². The lowest BCUT2D eigenvalue weighted by molar-refractivity contribution is 0.0931. The van der Waals surface area contributed by atoms with Crippen molar-refractivity contribution >= 4 is 29.9 Å². The van der Waals surface area contributed by atoms with Crippen LogP contribution in [0.2, 0.25) is 0 Å². The van der Waals surface area contributed by atoms with Crippen molar-refractivity contribution in [1.29, 1.82) is 0 Å². The second-order valence-electron chi connectivity index (χ2n) is 6.35. The molecule has 1 atom stereocenters. The molecular formula is C21H31IN4O2. The molecule has 1 aromatic heterocycles. The van der Waals surface area contributed by atoms with E-state index in [2.05, 4.69) is 39.7 Å². The highest BCUT2D eigenvalue weighted by atomic mass is 127. The smallest absolute Gasteiger partial charge is 0.213 e. The first kappa shape index (κ1) is 24.2. The van der Waals surface area contributed by atoms with E-state index in [1.165, 1.54) is 5.56 Å². The van der Waals surface area contributed by atoms with E-state index < -0.39 is 0 Å². The van der Waals surface area contributed by atoms with Gasteiger partial charge in [-0.2, -0.15) is 0 Å². The summed E-state index contributed by atoms with van der Waals surface area (Å²) in [7, 11) is 1.61. The number of benzene rings is 1. The SMILES string of the molecule is CCNC(=NCc1cccc(OC)n1)NCC(C)COCc1ccccc1.I. The molecular weight excluding hydrogens is 467 g/mol. The molecule has 6 nitrogen and oxygen atoms in total. The summed E-state index contributed by atoms with van der Waals surface area (Å²) in [6.45, 7) is 7.62. The third-order valence-electron chi connectivity index (χ3n) is 3.87. The van der Waals surface area contributed by atoms with Crippen LogP contribution in [-0.2, 0) is 17.9 Å². The van der Waals surface area contributed by atoms with Crippen LogP contribution >= 0.6 is 24.0 Å². The van der Waals surface area contributed by atoms with Gasteiger partial charge in [-0.1, -0.05) is 43.3 Å². The highest BCUT2D eigenvalue weighted by Crippen LogP contribution is 2.07.